The van der Waals surface area contributed by atoms with Crippen molar-refractivity contribution in [1.82, 2.24) is 19.6 Å². The fourth-order valence-corrected chi connectivity index (χ4v) is 4.76. The minimum Gasteiger partial charge on any atom is -0.349 e. The normalized spacial score (nSPS) is 17.0. The Hall–Kier alpha value is -1.93. The number of benzene rings is 1. The van der Waals surface area contributed by atoms with E-state index in [2.05, 4.69) is 15.3 Å². The Balaban J connectivity index is 1.55. The summed E-state index contributed by atoms with van der Waals surface area (Å²) >= 11 is 0. The molecule has 2 N–H and O–H groups in total. The molecule has 136 valence electrons. The van der Waals surface area contributed by atoms with Crippen LogP contribution in [0.25, 0.3) is 11.0 Å². The molecular weight excluding hydrogens is 340 g/mol. The standard InChI is InChI=1S/C17H24N4O3S/c1-2-3-10-25(23,24)21-8-6-14(7-9-21)20-17(22)13-4-5-15-16(11-13)19-12-18-15/h4-5,11-12,14H,2-3,6-10H2,1H3,(H,18,19)(H,20,22). The molecule has 0 radical (unpaired) electrons. The lowest BCUT2D eigenvalue weighted by Crippen LogP contribution is -2.47. The lowest BCUT2D eigenvalue weighted by molar-refractivity contribution is 0.0924. The fourth-order valence-electron chi connectivity index (χ4n) is 3.08. The van der Waals surface area contributed by atoms with Crippen molar-refractivity contribution in [2.75, 3.05) is 18.8 Å². The number of aromatic amines is 1. The summed E-state index contributed by atoms with van der Waals surface area (Å²) in [6, 6.07) is 5.34. The highest BCUT2D eigenvalue weighted by atomic mass is 32.2. The van der Waals surface area contributed by atoms with Crippen LogP contribution < -0.4 is 5.32 Å². The zero-order valence-electron chi connectivity index (χ0n) is 14.4. The van der Waals surface area contributed by atoms with Crippen LogP contribution in [0, 0.1) is 0 Å². The van der Waals surface area contributed by atoms with E-state index in [1.54, 1.807) is 22.8 Å². The summed E-state index contributed by atoms with van der Waals surface area (Å²) < 4.78 is 26.0. The second kappa shape index (κ2) is 7.53. The van der Waals surface area contributed by atoms with Gasteiger partial charge in [-0.05, 0) is 37.5 Å². The molecule has 0 unspecified atom stereocenters. The van der Waals surface area contributed by atoms with E-state index in [-0.39, 0.29) is 17.7 Å². The largest absolute Gasteiger partial charge is 0.349 e. The lowest BCUT2D eigenvalue weighted by Gasteiger charge is -2.31. The SMILES string of the molecule is CCCCS(=O)(=O)N1CCC(NC(=O)c2ccc3nc[nH]c3c2)CC1. The number of imidazole rings is 1. The van der Waals surface area contributed by atoms with E-state index in [1.807, 2.05) is 13.0 Å². The van der Waals surface area contributed by atoms with Crippen molar-refractivity contribution in [2.45, 2.75) is 38.6 Å². The number of nitrogens with one attached hydrogen (secondary N) is 2. The maximum absolute atomic E-state index is 12.4. The number of carbonyl (C=O) groups excluding carboxylic acids is 1. The average Bonchev–Trinajstić information content (AvgIpc) is 3.08. The number of sulfonamides is 1. The molecule has 1 fully saturated rings. The molecule has 2 heterocycles. The van der Waals surface area contributed by atoms with Crippen LogP contribution in [0.3, 0.4) is 0 Å². The Morgan fingerprint density at radius 3 is 2.84 bits per heavy atom. The van der Waals surface area contributed by atoms with Gasteiger partial charge in [0, 0.05) is 24.7 Å². The summed E-state index contributed by atoms with van der Waals surface area (Å²) in [5.41, 5.74) is 2.22. The van der Waals surface area contributed by atoms with Crippen molar-refractivity contribution in [3.05, 3.63) is 30.1 Å². The molecule has 0 atom stereocenters. The van der Waals surface area contributed by atoms with Crippen LogP contribution in [-0.4, -0.2) is 53.5 Å². The van der Waals surface area contributed by atoms with Gasteiger partial charge in [-0.1, -0.05) is 13.3 Å². The third-order valence-electron chi connectivity index (χ3n) is 4.62. The zero-order chi connectivity index (χ0) is 17.9. The summed E-state index contributed by atoms with van der Waals surface area (Å²) in [5, 5.41) is 3.01. The maximum atomic E-state index is 12.4. The van der Waals surface area contributed by atoms with Crippen LogP contribution >= 0.6 is 0 Å². The van der Waals surface area contributed by atoms with Gasteiger partial charge in [-0.25, -0.2) is 17.7 Å². The highest BCUT2D eigenvalue weighted by Gasteiger charge is 2.28. The van der Waals surface area contributed by atoms with E-state index in [0.29, 0.717) is 37.9 Å². The van der Waals surface area contributed by atoms with Gasteiger partial charge in [0.1, 0.15) is 0 Å². The number of fused-ring (bicyclic) bond motifs is 1. The van der Waals surface area contributed by atoms with Gasteiger partial charge in [-0.2, -0.15) is 0 Å². The Labute approximate surface area is 147 Å². The smallest absolute Gasteiger partial charge is 0.251 e. The highest BCUT2D eigenvalue weighted by molar-refractivity contribution is 7.89. The molecule has 0 bridgehead atoms. The maximum Gasteiger partial charge on any atom is 0.251 e. The molecule has 1 saturated heterocycles. The first-order valence-electron chi connectivity index (χ1n) is 8.71. The van der Waals surface area contributed by atoms with Crippen LogP contribution in [0.2, 0.25) is 0 Å². The molecule has 0 spiro atoms. The van der Waals surface area contributed by atoms with Gasteiger partial charge >= 0.3 is 0 Å². The minimum atomic E-state index is -3.16. The number of nitrogens with zero attached hydrogens (tertiary/aromatic N) is 2. The first-order valence-corrected chi connectivity index (χ1v) is 10.3. The second-order valence-electron chi connectivity index (χ2n) is 6.45. The molecule has 1 aromatic carbocycles. The molecule has 7 nitrogen and oxygen atoms in total. The number of hydrogen-bond acceptors (Lipinski definition) is 4. The summed E-state index contributed by atoms with van der Waals surface area (Å²) in [6.45, 7) is 2.92. The minimum absolute atomic E-state index is 0.00240. The van der Waals surface area contributed by atoms with Crippen molar-refractivity contribution in [1.29, 1.82) is 0 Å². The summed E-state index contributed by atoms with van der Waals surface area (Å²) in [7, 11) is -3.16. The lowest BCUT2D eigenvalue weighted by atomic mass is 10.1. The molecule has 2 aromatic rings. The highest BCUT2D eigenvalue weighted by Crippen LogP contribution is 2.17. The predicted molar refractivity (Wildman–Crippen MR) is 96.8 cm³/mol. The average molecular weight is 364 g/mol. The predicted octanol–water partition coefficient (Wildman–Crippen LogP) is 1.89. The molecule has 1 aliphatic rings. The number of piperidine rings is 1. The van der Waals surface area contributed by atoms with Crippen molar-refractivity contribution < 1.29 is 13.2 Å². The molecule has 0 aliphatic carbocycles. The Bertz CT molecular complexity index is 838. The fraction of sp³-hybridized carbons (Fsp3) is 0.529. The van der Waals surface area contributed by atoms with Gasteiger partial charge in [0.2, 0.25) is 10.0 Å². The van der Waals surface area contributed by atoms with Gasteiger partial charge in [0.15, 0.2) is 0 Å². The number of rotatable bonds is 6. The molecule has 25 heavy (non-hydrogen) atoms. The summed E-state index contributed by atoms with van der Waals surface area (Å²) in [5.74, 6) is 0.0776. The van der Waals surface area contributed by atoms with E-state index in [4.69, 9.17) is 0 Å². The Morgan fingerprint density at radius 2 is 2.12 bits per heavy atom. The van der Waals surface area contributed by atoms with Crippen molar-refractivity contribution >= 4 is 27.0 Å². The molecule has 3 rings (SSSR count). The molecule has 8 heteroatoms. The second-order valence-corrected chi connectivity index (χ2v) is 8.54. The van der Waals surface area contributed by atoms with E-state index in [1.165, 1.54) is 0 Å². The molecule has 0 saturated carbocycles. The van der Waals surface area contributed by atoms with E-state index in [0.717, 1.165) is 17.5 Å². The van der Waals surface area contributed by atoms with Crippen LogP contribution in [0.4, 0.5) is 0 Å². The monoisotopic (exact) mass is 364 g/mol. The van der Waals surface area contributed by atoms with Gasteiger partial charge in [0.05, 0.1) is 23.1 Å². The molecular formula is C17H24N4O3S. The van der Waals surface area contributed by atoms with Crippen molar-refractivity contribution in [3.8, 4) is 0 Å². The van der Waals surface area contributed by atoms with Crippen LogP contribution in [0.1, 0.15) is 43.0 Å². The van der Waals surface area contributed by atoms with Crippen LogP contribution in [0.5, 0.6) is 0 Å². The third-order valence-corrected chi connectivity index (χ3v) is 6.58. The van der Waals surface area contributed by atoms with Crippen molar-refractivity contribution in [3.63, 3.8) is 0 Å². The number of carbonyl (C=O) groups is 1. The first-order chi connectivity index (χ1) is 12.0. The quantitative estimate of drug-likeness (QED) is 0.818. The third kappa shape index (κ3) is 4.19. The van der Waals surface area contributed by atoms with Crippen LogP contribution in [0.15, 0.2) is 24.5 Å². The summed E-state index contributed by atoms with van der Waals surface area (Å²) in [4.78, 5) is 19.6. The van der Waals surface area contributed by atoms with Crippen molar-refractivity contribution in [2.24, 2.45) is 0 Å². The van der Waals surface area contributed by atoms with Gasteiger partial charge in [-0.15, -0.1) is 0 Å². The molecule has 1 aromatic heterocycles. The number of unbranched alkanes of at least 4 members (excludes halogenated alkanes) is 1. The zero-order valence-corrected chi connectivity index (χ0v) is 15.2. The van der Waals surface area contributed by atoms with E-state index >= 15 is 0 Å². The van der Waals surface area contributed by atoms with E-state index in [9.17, 15) is 13.2 Å². The van der Waals surface area contributed by atoms with Gasteiger partial charge in [0.25, 0.3) is 5.91 Å². The van der Waals surface area contributed by atoms with Gasteiger partial charge < -0.3 is 10.3 Å². The van der Waals surface area contributed by atoms with E-state index < -0.39 is 10.0 Å². The number of amides is 1. The van der Waals surface area contributed by atoms with Gasteiger partial charge in [-0.3, -0.25) is 4.79 Å². The number of aromatic nitrogens is 2. The topological polar surface area (TPSA) is 95.2 Å². The molecule has 1 aliphatic heterocycles. The number of H-pyrrole nitrogens is 1. The Morgan fingerprint density at radius 1 is 1.36 bits per heavy atom. The number of hydrogen-bond donors (Lipinski definition) is 2. The molecule has 1 amide bonds. The first kappa shape index (κ1) is 17.9. The van der Waals surface area contributed by atoms with Crippen LogP contribution in [-0.2, 0) is 10.0 Å². The summed E-state index contributed by atoms with van der Waals surface area (Å²) in [6.07, 6.45) is 4.44. The Kier molecular flexibility index (Phi) is 5.39.